The van der Waals surface area contributed by atoms with E-state index in [1.165, 1.54) is 32.1 Å². The highest BCUT2D eigenvalue weighted by Gasteiger charge is 2.18. The Morgan fingerprint density at radius 1 is 1.20 bits per heavy atom. The van der Waals surface area contributed by atoms with Gasteiger partial charge in [0.05, 0.1) is 6.61 Å². The summed E-state index contributed by atoms with van der Waals surface area (Å²) < 4.78 is 6.01. The number of ether oxygens (including phenoxy) is 1. The molecule has 3 aliphatic rings. The zero-order valence-electron chi connectivity index (χ0n) is 12.4. The normalized spacial score (nSPS) is 25.1. The molecule has 4 nitrogen and oxygen atoms in total. The minimum absolute atomic E-state index is 0.764. The molecule has 2 fully saturated rings. The predicted octanol–water partition coefficient (Wildman–Crippen LogP) is 2.52. The Morgan fingerprint density at radius 2 is 2.00 bits per heavy atom. The van der Waals surface area contributed by atoms with Crippen molar-refractivity contribution in [3.63, 3.8) is 0 Å². The van der Waals surface area contributed by atoms with Crippen molar-refractivity contribution in [2.24, 2.45) is 10.9 Å². The van der Waals surface area contributed by atoms with Crippen LogP contribution in [0.5, 0.6) is 0 Å². The molecule has 20 heavy (non-hydrogen) atoms. The third-order valence-corrected chi connectivity index (χ3v) is 4.58. The van der Waals surface area contributed by atoms with Crippen LogP contribution in [0.3, 0.4) is 0 Å². The van der Waals surface area contributed by atoms with E-state index in [0.717, 1.165) is 63.3 Å². The minimum Gasteiger partial charge on any atom is -0.480 e. The van der Waals surface area contributed by atoms with Gasteiger partial charge in [-0.2, -0.15) is 0 Å². The van der Waals surface area contributed by atoms with Crippen LogP contribution in [0.25, 0.3) is 0 Å². The van der Waals surface area contributed by atoms with Crippen LogP contribution in [-0.4, -0.2) is 43.6 Å². The molecule has 0 atom stereocenters. The van der Waals surface area contributed by atoms with Gasteiger partial charge in [-0.25, -0.2) is 4.99 Å². The van der Waals surface area contributed by atoms with Crippen LogP contribution in [0.4, 0.5) is 0 Å². The van der Waals surface area contributed by atoms with E-state index in [9.17, 15) is 0 Å². The van der Waals surface area contributed by atoms with E-state index in [-0.39, 0.29) is 0 Å². The number of nitrogens with zero attached hydrogens (tertiary/aromatic N) is 2. The summed E-state index contributed by atoms with van der Waals surface area (Å²) in [6.07, 6.45) is 11.2. The minimum atomic E-state index is 0.764. The first-order valence-corrected chi connectivity index (χ1v) is 8.28. The van der Waals surface area contributed by atoms with Crippen molar-refractivity contribution in [3.05, 3.63) is 11.9 Å². The number of hydrogen-bond acceptors (Lipinski definition) is 4. The highest BCUT2D eigenvalue weighted by atomic mass is 16.5. The third-order valence-electron chi connectivity index (χ3n) is 4.58. The van der Waals surface area contributed by atoms with Gasteiger partial charge < -0.3 is 15.0 Å². The van der Waals surface area contributed by atoms with Crippen molar-refractivity contribution in [1.82, 2.24) is 10.2 Å². The molecule has 1 saturated carbocycles. The van der Waals surface area contributed by atoms with E-state index in [1.54, 1.807) is 0 Å². The van der Waals surface area contributed by atoms with Gasteiger partial charge in [0.15, 0.2) is 5.90 Å². The average Bonchev–Trinajstić information content (AvgIpc) is 2.55. The maximum atomic E-state index is 6.01. The Bertz CT molecular complexity index is 366. The molecule has 0 bridgehead atoms. The van der Waals surface area contributed by atoms with E-state index in [0.29, 0.717) is 0 Å². The lowest BCUT2D eigenvalue weighted by molar-refractivity contribution is 0.192. The van der Waals surface area contributed by atoms with Crippen LogP contribution in [0.15, 0.2) is 16.9 Å². The SMILES string of the molecule is C1=C(N2CCNCC2)N=C(OCC2CCCCC2)CC1. The van der Waals surface area contributed by atoms with Crippen LogP contribution in [0.1, 0.15) is 44.9 Å². The van der Waals surface area contributed by atoms with E-state index >= 15 is 0 Å². The summed E-state index contributed by atoms with van der Waals surface area (Å²) in [5, 5.41) is 3.38. The first-order chi connectivity index (χ1) is 9.92. The maximum Gasteiger partial charge on any atom is 0.190 e. The molecule has 3 rings (SSSR count). The number of aliphatic imine (C=N–C) groups is 1. The Hall–Kier alpha value is -1.03. The monoisotopic (exact) mass is 277 g/mol. The molecule has 2 heterocycles. The van der Waals surface area contributed by atoms with Crippen molar-refractivity contribution >= 4 is 5.90 Å². The summed E-state index contributed by atoms with van der Waals surface area (Å²) in [7, 11) is 0. The lowest BCUT2D eigenvalue weighted by Crippen LogP contribution is -2.43. The number of rotatable bonds is 3. The van der Waals surface area contributed by atoms with Crippen molar-refractivity contribution < 1.29 is 4.74 Å². The van der Waals surface area contributed by atoms with Gasteiger partial charge >= 0.3 is 0 Å². The Morgan fingerprint density at radius 3 is 2.80 bits per heavy atom. The molecular weight excluding hydrogens is 250 g/mol. The van der Waals surface area contributed by atoms with Crippen LogP contribution in [0, 0.1) is 5.92 Å². The molecule has 1 aliphatic carbocycles. The number of hydrogen-bond donors (Lipinski definition) is 1. The van der Waals surface area contributed by atoms with E-state index in [1.807, 2.05) is 0 Å². The van der Waals surface area contributed by atoms with Gasteiger partial charge in [-0.05, 0) is 31.3 Å². The topological polar surface area (TPSA) is 36.9 Å². The number of piperazine rings is 1. The zero-order chi connectivity index (χ0) is 13.6. The lowest BCUT2D eigenvalue weighted by Gasteiger charge is -2.31. The Kier molecular flexibility index (Phi) is 4.96. The van der Waals surface area contributed by atoms with E-state index in [2.05, 4.69) is 16.3 Å². The second-order valence-corrected chi connectivity index (χ2v) is 6.16. The van der Waals surface area contributed by atoms with E-state index in [4.69, 9.17) is 9.73 Å². The molecule has 4 heteroatoms. The van der Waals surface area contributed by atoms with Gasteiger partial charge in [0.25, 0.3) is 0 Å². The molecule has 0 aromatic heterocycles. The highest BCUT2D eigenvalue weighted by Crippen LogP contribution is 2.24. The Labute approximate surface area is 122 Å². The summed E-state index contributed by atoms with van der Waals surface area (Å²) >= 11 is 0. The molecule has 0 aromatic carbocycles. The molecule has 0 spiro atoms. The smallest absolute Gasteiger partial charge is 0.190 e. The first-order valence-electron chi connectivity index (χ1n) is 8.28. The quantitative estimate of drug-likeness (QED) is 0.861. The van der Waals surface area contributed by atoms with Gasteiger partial charge in [0, 0.05) is 32.6 Å². The molecule has 0 radical (unpaired) electrons. The third kappa shape index (κ3) is 3.75. The van der Waals surface area contributed by atoms with Gasteiger partial charge in [-0.1, -0.05) is 19.3 Å². The van der Waals surface area contributed by atoms with Crippen molar-refractivity contribution in [2.45, 2.75) is 44.9 Å². The molecule has 1 N–H and O–H groups in total. The second-order valence-electron chi connectivity index (χ2n) is 6.16. The summed E-state index contributed by atoms with van der Waals surface area (Å²) in [4.78, 5) is 7.12. The Balaban J connectivity index is 1.50. The molecule has 0 amide bonds. The lowest BCUT2D eigenvalue weighted by atomic mass is 9.90. The maximum absolute atomic E-state index is 6.01. The van der Waals surface area contributed by atoms with Crippen molar-refractivity contribution in [3.8, 4) is 0 Å². The molecule has 0 unspecified atom stereocenters. The molecule has 2 aliphatic heterocycles. The van der Waals surface area contributed by atoms with Crippen LogP contribution < -0.4 is 5.32 Å². The fourth-order valence-electron chi connectivity index (χ4n) is 3.32. The summed E-state index contributed by atoms with van der Waals surface area (Å²) in [6.45, 7) is 5.13. The number of allylic oxidation sites excluding steroid dienone is 1. The van der Waals surface area contributed by atoms with Crippen LogP contribution in [0.2, 0.25) is 0 Å². The molecule has 1 saturated heterocycles. The standard InChI is InChI=1S/C16H27N3O/c1-2-5-14(6-3-1)13-20-16-8-4-7-15(18-16)19-11-9-17-10-12-19/h7,14,17H,1-6,8-13H2. The fourth-order valence-corrected chi connectivity index (χ4v) is 3.32. The van der Waals surface area contributed by atoms with Crippen molar-refractivity contribution in [2.75, 3.05) is 32.8 Å². The van der Waals surface area contributed by atoms with Crippen molar-refractivity contribution in [1.29, 1.82) is 0 Å². The van der Waals surface area contributed by atoms with Crippen LogP contribution >= 0.6 is 0 Å². The first kappa shape index (κ1) is 13.9. The van der Waals surface area contributed by atoms with Gasteiger partial charge in [0.1, 0.15) is 5.82 Å². The largest absolute Gasteiger partial charge is 0.480 e. The number of nitrogens with one attached hydrogen (secondary N) is 1. The van der Waals surface area contributed by atoms with Gasteiger partial charge in [-0.15, -0.1) is 0 Å². The van der Waals surface area contributed by atoms with Gasteiger partial charge in [-0.3, -0.25) is 0 Å². The second kappa shape index (κ2) is 7.11. The van der Waals surface area contributed by atoms with Crippen LogP contribution in [-0.2, 0) is 4.74 Å². The highest BCUT2D eigenvalue weighted by molar-refractivity contribution is 5.78. The fraction of sp³-hybridized carbons (Fsp3) is 0.812. The van der Waals surface area contributed by atoms with Gasteiger partial charge in [0.2, 0.25) is 0 Å². The zero-order valence-corrected chi connectivity index (χ0v) is 12.4. The predicted molar refractivity (Wildman–Crippen MR) is 81.7 cm³/mol. The van der Waals surface area contributed by atoms with E-state index < -0.39 is 0 Å². The summed E-state index contributed by atoms with van der Waals surface area (Å²) in [5.41, 5.74) is 0. The average molecular weight is 277 g/mol. The molecular formula is C16H27N3O. The molecule has 0 aromatic rings. The summed E-state index contributed by atoms with van der Waals surface area (Å²) in [6, 6.07) is 0. The molecule has 112 valence electrons. The summed E-state index contributed by atoms with van der Waals surface area (Å²) in [5.74, 6) is 2.86.